The molecular formula is C15H17NS. The van der Waals surface area contributed by atoms with E-state index in [4.69, 9.17) is 0 Å². The van der Waals surface area contributed by atoms with Crippen molar-refractivity contribution >= 4 is 11.3 Å². The predicted octanol–water partition coefficient (Wildman–Crippen LogP) is 3.76. The Bertz CT molecular complexity index is 542. The average molecular weight is 243 g/mol. The summed E-state index contributed by atoms with van der Waals surface area (Å²) in [6.45, 7) is 5.45. The number of fused-ring (bicyclic) bond motifs is 1. The Balaban J connectivity index is 2.00. The summed E-state index contributed by atoms with van der Waals surface area (Å²) in [6.07, 6.45) is 1.16. The Kier molecular flexibility index (Phi) is 2.77. The monoisotopic (exact) mass is 243 g/mol. The molecule has 0 radical (unpaired) electrons. The van der Waals surface area contributed by atoms with Crippen LogP contribution in [0, 0.1) is 6.92 Å². The lowest BCUT2D eigenvalue weighted by Gasteiger charge is -2.19. The molecule has 17 heavy (non-hydrogen) atoms. The quantitative estimate of drug-likeness (QED) is 0.804. The lowest BCUT2D eigenvalue weighted by atomic mass is 10.0. The molecule has 1 unspecified atom stereocenters. The normalized spacial score (nSPS) is 19.1. The lowest BCUT2D eigenvalue weighted by molar-refractivity contribution is 0.520. The number of hydrogen-bond donors (Lipinski definition) is 1. The van der Waals surface area contributed by atoms with Gasteiger partial charge < -0.3 is 5.32 Å². The SMILES string of the molecule is Cc1cccc(-c2cc3c(s2)CNC(C)C3)c1. The van der Waals surface area contributed by atoms with Gasteiger partial charge in [-0.15, -0.1) is 11.3 Å². The second kappa shape index (κ2) is 4.28. The van der Waals surface area contributed by atoms with Gasteiger partial charge in [0.05, 0.1) is 0 Å². The van der Waals surface area contributed by atoms with Gasteiger partial charge in [0.25, 0.3) is 0 Å². The molecule has 2 heteroatoms. The van der Waals surface area contributed by atoms with Crippen LogP contribution in [-0.2, 0) is 13.0 Å². The highest BCUT2D eigenvalue weighted by Crippen LogP contribution is 2.34. The third-order valence-electron chi connectivity index (χ3n) is 3.34. The molecular weight excluding hydrogens is 226 g/mol. The van der Waals surface area contributed by atoms with Crippen molar-refractivity contribution in [3.63, 3.8) is 0 Å². The molecule has 0 fully saturated rings. The summed E-state index contributed by atoms with van der Waals surface area (Å²) in [4.78, 5) is 2.93. The smallest absolute Gasteiger partial charge is 0.0349 e. The van der Waals surface area contributed by atoms with Gasteiger partial charge in [0.1, 0.15) is 0 Å². The lowest BCUT2D eigenvalue weighted by Crippen LogP contribution is -2.31. The van der Waals surface area contributed by atoms with E-state index in [-0.39, 0.29) is 0 Å². The van der Waals surface area contributed by atoms with Crippen LogP contribution in [0.1, 0.15) is 22.9 Å². The number of rotatable bonds is 1. The van der Waals surface area contributed by atoms with Gasteiger partial charge in [-0.2, -0.15) is 0 Å². The van der Waals surface area contributed by atoms with Crippen molar-refractivity contribution in [3.8, 4) is 10.4 Å². The zero-order valence-electron chi connectivity index (χ0n) is 10.3. The van der Waals surface area contributed by atoms with E-state index < -0.39 is 0 Å². The third-order valence-corrected chi connectivity index (χ3v) is 4.56. The fraction of sp³-hybridized carbons (Fsp3) is 0.333. The standard InChI is InChI=1S/C15H17NS/c1-10-4-3-5-12(6-10)14-8-13-7-11(2)16-9-15(13)17-14/h3-6,8,11,16H,7,9H2,1-2H3. The van der Waals surface area contributed by atoms with E-state index in [1.165, 1.54) is 26.4 Å². The highest BCUT2D eigenvalue weighted by molar-refractivity contribution is 7.15. The van der Waals surface area contributed by atoms with E-state index >= 15 is 0 Å². The van der Waals surface area contributed by atoms with Gasteiger partial charge in [0.15, 0.2) is 0 Å². The van der Waals surface area contributed by atoms with Crippen LogP contribution >= 0.6 is 11.3 Å². The maximum absolute atomic E-state index is 3.52. The van der Waals surface area contributed by atoms with Gasteiger partial charge >= 0.3 is 0 Å². The van der Waals surface area contributed by atoms with Crippen LogP contribution in [0.15, 0.2) is 30.3 Å². The van der Waals surface area contributed by atoms with Crippen LogP contribution in [0.5, 0.6) is 0 Å². The van der Waals surface area contributed by atoms with Crippen LogP contribution in [0.2, 0.25) is 0 Å². The maximum Gasteiger partial charge on any atom is 0.0349 e. The third kappa shape index (κ3) is 2.15. The van der Waals surface area contributed by atoms with E-state index in [0.717, 1.165) is 13.0 Å². The maximum atomic E-state index is 3.52. The minimum atomic E-state index is 0.613. The predicted molar refractivity (Wildman–Crippen MR) is 74.5 cm³/mol. The largest absolute Gasteiger partial charge is 0.309 e. The minimum absolute atomic E-state index is 0.613. The zero-order chi connectivity index (χ0) is 11.8. The number of benzene rings is 1. The Hall–Kier alpha value is -1.12. The topological polar surface area (TPSA) is 12.0 Å². The summed E-state index contributed by atoms with van der Waals surface area (Å²) >= 11 is 1.94. The van der Waals surface area contributed by atoms with Gasteiger partial charge in [-0.1, -0.05) is 29.8 Å². The summed E-state index contributed by atoms with van der Waals surface area (Å²) in [5, 5.41) is 3.52. The number of aryl methyl sites for hydroxylation is 1. The number of hydrogen-bond acceptors (Lipinski definition) is 2. The molecule has 1 N–H and O–H groups in total. The first-order valence-electron chi connectivity index (χ1n) is 6.14. The van der Waals surface area contributed by atoms with Gasteiger partial charge in [-0.25, -0.2) is 0 Å². The summed E-state index contributed by atoms with van der Waals surface area (Å²) in [5.41, 5.74) is 4.23. The molecule has 1 nitrogen and oxygen atoms in total. The van der Waals surface area contributed by atoms with Crippen LogP contribution in [-0.4, -0.2) is 6.04 Å². The Morgan fingerprint density at radius 3 is 3.00 bits per heavy atom. The fourth-order valence-corrected chi connectivity index (χ4v) is 3.54. The Morgan fingerprint density at radius 1 is 1.29 bits per heavy atom. The number of nitrogens with one attached hydrogen (secondary N) is 1. The molecule has 0 spiro atoms. The average Bonchev–Trinajstić information content (AvgIpc) is 2.72. The Labute approximate surface area is 106 Å². The van der Waals surface area contributed by atoms with Gasteiger partial charge in [0.2, 0.25) is 0 Å². The van der Waals surface area contributed by atoms with E-state index in [1.807, 2.05) is 11.3 Å². The van der Waals surface area contributed by atoms with E-state index in [1.54, 1.807) is 0 Å². The molecule has 1 aromatic heterocycles. The van der Waals surface area contributed by atoms with Crippen molar-refractivity contribution < 1.29 is 0 Å². The van der Waals surface area contributed by atoms with Gasteiger partial charge in [-0.3, -0.25) is 0 Å². The molecule has 0 bridgehead atoms. The summed E-state index contributed by atoms with van der Waals surface area (Å²) < 4.78 is 0. The summed E-state index contributed by atoms with van der Waals surface area (Å²) in [5.74, 6) is 0. The minimum Gasteiger partial charge on any atom is -0.309 e. The molecule has 3 rings (SSSR count). The van der Waals surface area contributed by atoms with E-state index in [2.05, 4.69) is 49.5 Å². The molecule has 1 aromatic carbocycles. The molecule has 88 valence electrons. The second-order valence-electron chi connectivity index (χ2n) is 4.91. The Morgan fingerprint density at radius 2 is 2.18 bits per heavy atom. The molecule has 2 heterocycles. The van der Waals surface area contributed by atoms with E-state index in [0.29, 0.717) is 6.04 Å². The summed E-state index contributed by atoms with van der Waals surface area (Å²) in [6, 6.07) is 11.8. The van der Waals surface area contributed by atoms with Crippen LogP contribution in [0.3, 0.4) is 0 Å². The highest BCUT2D eigenvalue weighted by Gasteiger charge is 2.17. The second-order valence-corrected chi connectivity index (χ2v) is 6.05. The van der Waals surface area contributed by atoms with Crippen LogP contribution in [0.25, 0.3) is 10.4 Å². The van der Waals surface area contributed by atoms with Gasteiger partial charge in [0, 0.05) is 22.3 Å². The van der Waals surface area contributed by atoms with Crippen molar-refractivity contribution in [3.05, 3.63) is 46.3 Å². The molecule has 0 saturated heterocycles. The first-order chi connectivity index (χ1) is 8.22. The molecule has 1 atom stereocenters. The zero-order valence-corrected chi connectivity index (χ0v) is 11.1. The molecule has 2 aromatic rings. The first-order valence-corrected chi connectivity index (χ1v) is 6.96. The fourth-order valence-electron chi connectivity index (χ4n) is 2.40. The van der Waals surface area contributed by atoms with Crippen molar-refractivity contribution in [2.24, 2.45) is 0 Å². The number of thiophene rings is 1. The molecule has 0 saturated carbocycles. The molecule has 0 amide bonds. The molecule has 1 aliphatic heterocycles. The highest BCUT2D eigenvalue weighted by atomic mass is 32.1. The van der Waals surface area contributed by atoms with Crippen LogP contribution in [0.4, 0.5) is 0 Å². The van der Waals surface area contributed by atoms with Crippen molar-refractivity contribution in [2.75, 3.05) is 0 Å². The first kappa shape index (κ1) is 11.0. The van der Waals surface area contributed by atoms with Gasteiger partial charge in [-0.05, 0) is 37.5 Å². The molecule has 1 aliphatic rings. The van der Waals surface area contributed by atoms with Crippen molar-refractivity contribution in [2.45, 2.75) is 32.9 Å². The van der Waals surface area contributed by atoms with Crippen molar-refractivity contribution in [1.82, 2.24) is 5.32 Å². The van der Waals surface area contributed by atoms with E-state index in [9.17, 15) is 0 Å². The summed E-state index contributed by atoms with van der Waals surface area (Å²) in [7, 11) is 0. The molecule has 0 aliphatic carbocycles. The van der Waals surface area contributed by atoms with Crippen LogP contribution < -0.4 is 5.32 Å². The van der Waals surface area contributed by atoms with Crippen molar-refractivity contribution in [1.29, 1.82) is 0 Å².